The van der Waals surface area contributed by atoms with Crippen LogP contribution in [-0.4, -0.2) is 33.6 Å². The number of aromatic nitrogens is 3. The number of nitrogens with one attached hydrogen (secondary N) is 1. The third-order valence-corrected chi connectivity index (χ3v) is 5.01. The quantitative estimate of drug-likeness (QED) is 0.511. The van der Waals surface area contributed by atoms with Crippen LogP contribution in [0.15, 0.2) is 63.1 Å². The van der Waals surface area contributed by atoms with Crippen LogP contribution >= 0.6 is 0 Å². The molecule has 0 saturated carbocycles. The fourth-order valence-electron chi connectivity index (χ4n) is 3.22. The monoisotopic (exact) mass is 492 g/mol. The number of halogens is 3. The van der Waals surface area contributed by atoms with E-state index in [9.17, 15) is 27.6 Å². The van der Waals surface area contributed by atoms with Crippen molar-refractivity contribution >= 4 is 11.7 Å². The third kappa shape index (κ3) is 6.71. The minimum atomic E-state index is -4.84. The van der Waals surface area contributed by atoms with Gasteiger partial charge in [0.15, 0.2) is 0 Å². The first-order valence-electron chi connectivity index (χ1n) is 10.4. The molecule has 0 bridgehead atoms. The predicted molar refractivity (Wildman–Crippen MR) is 119 cm³/mol. The minimum absolute atomic E-state index is 0.0383. The van der Waals surface area contributed by atoms with Crippen LogP contribution in [0.2, 0.25) is 0 Å². The molecule has 186 valence electrons. The summed E-state index contributed by atoms with van der Waals surface area (Å²) in [6, 6.07) is 12.0. The second-order valence-corrected chi connectivity index (χ2v) is 7.80. The number of ether oxygens (including phenoxy) is 2. The highest BCUT2D eigenvalue weighted by atomic mass is 19.4. The highest BCUT2D eigenvalue weighted by molar-refractivity contribution is 5.71. The Morgan fingerprint density at radius 3 is 2.26 bits per heavy atom. The average molecular weight is 492 g/mol. The number of methoxy groups -OCH3 is 1. The predicted octanol–water partition coefficient (Wildman–Crippen LogP) is 2.63. The van der Waals surface area contributed by atoms with Crippen molar-refractivity contribution in [1.29, 1.82) is 0 Å². The van der Waals surface area contributed by atoms with Crippen LogP contribution in [0.5, 0.6) is 5.75 Å². The van der Waals surface area contributed by atoms with Crippen molar-refractivity contribution in [3.63, 3.8) is 0 Å². The van der Waals surface area contributed by atoms with Gasteiger partial charge in [-0.15, -0.1) is 13.2 Å². The fourth-order valence-corrected chi connectivity index (χ4v) is 3.22. The number of aromatic amines is 1. The van der Waals surface area contributed by atoms with Crippen LogP contribution in [0.25, 0.3) is 0 Å². The number of aryl methyl sites for hydroxylation is 1. The molecule has 0 aliphatic heterocycles. The first kappa shape index (κ1) is 25.5. The first-order valence-corrected chi connectivity index (χ1v) is 10.4. The summed E-state index contributed by atoms with van der Waals surface area (Å²) in [6.07, 6.45) is -4.84. The molecular weight excluding hydrogens is 469 g/mol. The van der Waals surface area contributed by atoms with Crippen molar-refractivity contribution < 1.29 is 27.4 Å². The van der Waals surface area contributed by atoms with Gasteiger partial charge >= 0.3 is 23.7 Å². The molecular formula is C23H23F3N4O5. The lowest BCUT2D eigenvalue weighted by Gasteiger charge is -2.14. The van der Waals surface area contributed by atoms with E-state index in [1.165, 1.54) is 30.7 Å². The topological polar surface area (TPSA) is 108 Å². The Morgan fingerprint density at radius 2 is 1.69 bits per heavy atom. The zero-order chi connectivity index (χ0) is 25.8. The summed E-state index contributed by atoms with van der Waals surface area (Å²) in [6.45, 7) is 3.24. The summed E-state index contributed by atoms with van der Waals surface area (Å²) < 4.78 is 47.8. The van der Waals surface area contributed by atoms with E-state index in [1.54, 1.807) is 12.1 Å². The van der Waals surface area contributed by atoms with Crippen molar-refractivity contribution in [3.05, 3.63) is 86.2 Å². The van der Waals surface area contributed by atoms with Gasteiger partial charge in [-0.05, 0) is 36.8 Å². The molecule has 0 fully saturated rings. The molecule has 0 saturated heterocycles. The van der Waals surface area contributed by atoms with Crippen molar-refractivity contribution in [2.24, 2.45) is 10.9 Å². The number of rotatable bonds is 7. The molecule has 0 spiro atoms. The number of hydrogen-bond acceptors (Lipinski definition) is 6. The number of benzene rings is 2. The Balaban J connectivity index is 2.10. The lowest BCUT2D eigenvalue weighted by Crippen LogP contribution is -2.51. The summed E-state index contributed by atoms with van der Waals surface area (Å²) in [5.74, 6) is -1.79. The Kier molecular flexibility index (Phi) is 7.62. The summed E-state index contributed by atoms with van der Waals surface area (Å²) in [7, 11) is 1.20. The van der Waals surface area contributed by atoms with Crippen LogP contribution in [-0.2, 0) is 22.6 Å². The van der Waals surface area contributed by atoms with Gasteiger partial charge < -0.3 is 9.47 Å². The van der Waals surface area contributed by atoms with Crippen molar-refractivity contribution in [3.8, 4) is 5.75 Å². The minimum Gasteiger partial charge on any atom is -0.469 e. The number of esters is 1. The number of alkyl halides is 3. The van der Waals surface area contributed by atoms with Gasteiger partial charge in [0.2, 0.25) is 5.62 Å². The lowest BCUT2D eigenvalue weighted by atomic mass is 10.1. The van der Waals surface area contributed by atoms with E-state index in [-0.39, 0.29) is 24.4 Å². The molecule has 3 rings (SSSR count). The standard InChI is InChI=1S/C23H23F3N4O5/c1-14-4-6-16(7-5-14)13-29-20(27-17-8-10-18(11-9-17)35-23(24,25)26)28-21(32)30(22(29)33)12-15(2)19(31)34-3/h4-11,15H,12-13H2,1-3H3,(H,27,28,32)/t15-/m0/s1. The zero-order valence-electron chi connectivity index (χ0n) is 19.1. The van der Waals surface area contributed by atoms with Crippen molar-refractivity contribution in [2.75, 3.05) is 7.11 Å². The maximum Gasteiger partial charge on any atom is 0.573 e. The molecule has 1 heterocycles. The highest BCUT2D eigenvalue weighted by Gasteiger charge is 2.31. The molecule has 1 atom stereocenters. The number of carbonyl (C=O) groups excluding carboxylic acids is 1. The van der Waals surface area contributed by atoms with Crippen molar-refractivity contribution in [2.45, 2.75) is 33.3 Å². The van der Waals surface area contributed by atoms with Gasteiger partial charge in [0.1, 0.15) is 5.75 Å². The van der Waals surface area contributed by atoms with Gasteiger partial charge in [-0.25, -0.2) is 19.1 Å². The molecule has 0 aliphatic rings. The van der Waals surface area contributed by atoms with E-state index in [2.05, 4.69) is 19.5 Å². The number of nitrogens with zero attached hydrogens (tertiary/aromatic N) is 3. The summed E-state index contributed by atoms with van der Waals surface area (Å²) in [5.41, 5.74) is 0.279. The fraction of sp³-hybridized carbons (Fsp3) is 0.304. The molecule has 9 nitrogen and oxygen atoms in total. The Hall–Kier alpha value is -4.09. The van der Waals surface area contributed by atoms with Crippen LogP contribution < -0.4 is 21.7 Å². The first-order chi connectivity index (χ1) is 16.5. The van der Waals surface area contributed by atoms with E-state index < -0.39 is 35.4 Å². The number of H-pyrrole nitrogens is 1. The summed E-state index contributed by atoms with van der Waals surface area (Å²) in [4.78, 5) is 44.6. The largest absolute Gasteiger partial charge is 0.573 e. The van der Waals surface area contributed by atoms with Gasteiger partial charge in [0.25, 0.3) is 0 Å². The second-order valence-electron chi connectivity index (χ2n) is 7.80. The molecule has 12 heteroatoms. The van der Waals surface area contributed by atoms with E-state index >= 15 is 0 Å². The van der Waals surface area contributed by atoms with Crippen LogP contribution in [0.1, 0.15) is 18.1 Å². The average Bonchev–Trinajstić information content (AvgIpc) is 2.80. The van der Waals surface area contributed by atoms with Gasteiger partial charge in [0, 0.05) is 6.54 Å². The molecule has 0 amide bonds. The summed E-state index contributed by atoms with van der Waals surface area (Å²) in [5, 5.41) is 0. The second kappa shape index (κ2) is 10.5. The highest BCUT2D eigenvalue weighted by Crippen LogP contribution is 2.24. The summed E-state index contributed by atoms with van der Waals surface area (Å²) >= 11 is 0. The molecule has 0 aliphatic carbocycles. The Bertz CT molecular complexity index is 1370. The zero-order valence-corrected chi connectivity index (χ0v) is 19.1. The molecule has 1 N–H and O–H groups in total. The Morgan fingerprint density at radius 1 is 1.06 bits per heavy atom. The molecule has 35 heavy (non-hydrogen) atoms. The van der Waals surface area contributed by atoms with Crippen LogP contribution in [0.3, 0.4) is 0 Å². The van der Waals surface area contributed by atoms with Gasteiger partial charge in [-0.3, -0.25) is 14.3 Å². The Labute approximate surface area is 197 Å². The number of hydrogen-bond donors (Lipinski definition) is 1. The molecule has 0 unspecified atom stereocenters. The maximum absolute atomic E-state index is 13.3. The lowest BCUT2D eigenvalue weighted by molar-refractivity contribution is -0.274. The normalized spacial score (nSPS) is 12.9. The van der Waals surface area contributed by atoms with Gasteiger partial charge in [0.05, 0.1) is 25.3 Å². The van der Waals surface area contributed by atoms with E-state index in [0.29, 0.717) is 0 Å². The molecule has 2 aromatic carbocycles. The molecule has 3 aromatic rings. The van der Waals surface area contributed by atoms with Crippen molar-refractivity contribution in [1.82, 2.24) is 14.1 Å². The van der Waals surface area contributed by atoms with E-state index in [4.69, 9.17) is 0 Å². The third-order valence-electron chi connectivity index (χ3n) is 5.01. The SMILES string of the molecule is COC(=O)[C@@H](C)Cn1c(=O)[nH]/c(=N\c2ccc(OC(F)(F)F)cc2)n(Cc2ccc(C)cc2)c1=O. The smallest absolute Gasteiger partial charge is 0.469 e. The van der Waals surface area contributed by atoms with Gasteiger partial charge in [-0.1, -0.05) is 36.8 Å². The van der Waals surface area contributed by atoms with E-state index in [0.717, 1.165) is 27.8 Å². The van der Waals surface area contributed by atoms with E-state index in [1.807, 2.05) is 19.1 Å². The van der Waals surface area contributed by atoms with Crippen LogP contribution in [0, 0.1) is 12.8 Å². The van der Waals surface area contributed by atoms with Crippen LogP contribution in [0.4, 0.5) is 18.9 Å². The van der Waals surface area contributed by atoms with Gasteiger partial charge in [-0.2, -0.15) is 0 Å². The molecule has 1 aromatic heterocycles. The molecule has 0 radical (unpaired) electrons. The maximum atomic E-state index is 13.3. The number of carbonyl (C=O) groups is 1.